The molecule has 0 aliphatic carbocycles. The van der Waals surface area contributed by atoms with Gasteiger partial charge in [0.05, 0.1) is 21.8 Å². The third-order valence-corrected chi connectivity index (χ3v) is 7.13. The fourth-order valence-electron chi connectivity index (χ4n) is 3.81. The van der Waals surface area contributed by atoms with Crippen molar-refractivity contribution in [2.24, 2.45) is 4.99 Å². The van der Waals surface area contributed by atoms with Crippen LogP contribution in [0.15, 0.2) is 98.1 Å². The topological polar surface area (TPSA) is 127 Å². The number of sulfonamides is 1. The van der Waals surface area contributed by atoms with E-state index in [1.54, 1.807) is 55.5 Å². The van der Waals surface area contributed by atoms with Gasteiger partial charge in [0.25, 0.3) is 15.6 Å². The fraction of sp³-hybridized carbons (Fsp3) is 0.0385. The standard InChI is InChI=1S/C26H19ClN4O5S/c1-16-13-24(29-36-16)30-37(34,35)20-11-9-18(10-12-20)28-15-23-21-7-2-3-8-22(21)25(32)31(26(23)33)19-6-4-5-17(27)14-19/h2-15,33H,1H3,(H,29,30). The Hall–Kier alpha value is -4.41. The molecular formula is C26H19ClN4O5S. The molecule has 0 aliphatic heterocycles. The Bertz CT molecular complexity index is 1830. The van der Waals surface area contributed by atoms with E-state index in [1.165, 1.54) is 41.1 Å². The number of nitrogens with zero attached hydrogens (tertiary/aromatic N) is 3. The molecule has 37 heavy (non-hydrogen) atoms. The Morgan fingerprint density at radius 3 is 2.43 bits per heavy atom. The van der Waals surface area contributed by atoms with E-state index in [9.17, 15) is 18.3 Å². The van der Waals surface area contributed by atoms with Gasteiger partial charge in [0, 0.05) is 28.1 Å². The first-order valence-electron chi connectivity index (χ1n) is 11.0. The van der Waals surface area contributed by atoms with Gasteiger partial charge in [-0.05, 0) is 55.5 Å². The number of anilines is 1. The number of aliphatic imine (C=N–C) groups is 1. The molecule has 0 fully saturated rings. The predicted octanol–water partition coefficient (Wildman–Crippen LogP) is 5.20. The Balaban J connectivity index is 1.52. The molecule has 9 nitrogen and oxygen atoms in total. The summed E-state index contributed by atoms with van der Waals surface area (Å²) in [7, 11) is -3.88. The van der Waals surface area contributed by atoms with Gasteiger partial charge in [-0.3, -0.25) is 14.5 Å². The summed E-state index contributed by atoms with van der Waals surface area (Å²) in [6, 6.07) is 20.8. The second-order valence-electron chi connectivity index (χ2n) is 8.08. The normalized spacial score (nSPS) is 11.8. The number of nitrogens with one attached hydrogen (secondary N) is 1. The molecule has 5 aromatic rings. The lowest BCUT2D eigenvalue weighted by Gasteiger charge is -2.14. The van der Waals surface area contributed by atoms with Gasteiger partial charge in [-0.1, -0.05) is 41.0 Å². The number of rotatable bonds is 6. The molecule has 5 rings (SSSR count). The number of aromatic nitrogens is 2. The number of pyridine rings is 1. The molecule has 0 saturated heterocycles. The van der Waals surface area contributed by atoms with Gasteiger partial charge in [0.1, 0.15) is 5.76 Å². The highest BCUT2D eigenvalue weighted by atomic mass is 35.5. The second-order valence-corrected chi connectivity index (χ2v) is 10.2. The minimum absolute atomic E-state index is 0.00917. The summed E-state index contributed by atoms with van der Waals surface area (Å²) in [5.41, 5.74) is 0.742. The average Bonchev–Trinajstić information content (AvgIpc) is 3.28. The van der Waals surface area contributed by atoms with Crippen LogP contribution in [0.2, 0.25) is 5.02 Å². The quantitative estimate of drug-likeness (QED) is 0.288. The van der Waals surface area contributed by atoms with Crippen LogP contribution < -0.4 is 10.3 Å². The van der Waals surface area contributed by atoms with Crippen molar-refractivity contribution in [3.63, 3.8) is 0 Å². The summed E-state index contributed by atoms with van der Waals surface area (Å²) < 4.78 is 33.6. The van der Waals surface area contributed by atoms with Crippen LogP contribution in [0, 0.1) is 6.92 Å². The molecule has 3 aromatic carbocycles. The molecule has 186 valence electrons. The highest BCUT2D eigenvalue weighted by Gasteiger charge is 2.18. The minimum atomic E-state index is -3.88. The highest BCUT2D eigenvalue weighted by Crippen LogP contribution is 2.28. The van der Waals surface area contributed by atoms with Crippen LogP contribution in [0.3, 0.4) is 0 Å². The van der Waals surface area contributed by atoms with Crippen LogP contribution in [0.25, 0.3) is 16.5 Å². The zero-order chi connectivity index (χ0) is 26.2. The van der Waals surface area contributed by atoms with E-state index in [0.717, 1.165) is 0 Å². The Labute approximate surface area is 216 Å². The van der Waals surface area contributed by atoms with Crippen molar-refractivity contribution in [3.8, 4) is 11.6 Å². The maximum absolute atomic E-state index is 13.2. The van der Waals surface area contributed by atoms with Crippen molar-refractivity contribution in [3.05, 3.63) is 106 Å². The number of halogens is 1. The number of hydrogen-bond donors (Lipinski definition) is 2. The maximum atomic E-state index is 13.2. The van der Waals surface area contributed by atoms with E-state index in [4.69, 9.17) is 16.1 Å². The Kier molecular flexibility index (Phi) is 6.28. The smallest absolute Gasteiger partial charge is 0.265 e. The van der Waals surface area contributed by atoms with Gasteiger partial charge in [-0.2, -0.15) is 0 Å². The van der Waals surface area contributed by atoms with Crippen molar-refractivity contribution < 1.29 is 18.0 Å². The van der Waals surface area contributed by atoms with Gasteiger partial charge in [-0.15, -0.1) is 0 Å². The second kappa shape index (κ2) is 9.57. The van der Waals surface area contributed by atoms with Crippen LogP contribution in [-0.2, 0) is 10.0 Å². The number of fused-ring (bicyclic) bond motifs is 1. The first kappa shape index (κ1) is 24.3. The summed E-state index contributed by atoms with van der Waals surface area (Å²) in [5.74, 6) is 0.248. The first-order valence-corrected chi connectivity index (χ1v) is 12.8. The molecule has 0 bridgehead atoms. The summed E-state index contributed by atoms with van der Waals surface area (Å²) in [6.45, 7) is 1.65. The molecule has 2 N–H and O–H groups in total. The van der Waals surface area contributed by atoms with Crippen molar-refractivity contribution in [1.82, 2.24) is 9.72 Å². The zero-order valence-electron chi connectivity index (χ0n) is 19.3. The third kappa shape index (κ3) is 4.84. The predicted molar refractivity (Wildman–Crippen MR) is 142 cm³/mol. The van der Waals surface area contributed by atoms with E-state index in [1.807, 2.05) is 0 Å². The molecule has 0 amide bonds. The number of hydrogen-bond acceptors (Lipinski definition) is 7. The van der Waals surface area contributed by atoms with Gasteiger partial charge in [0.15, 0.2) is 5.82 Å². The summed E-state index contributed by atoms with van der Waals surface area (Å²) in [5, 5.41) is 16.1. The molecule has 0 saturated carbocycles. The maximum Gasteiger partial charge on any atom is 0.265 e. The van der Waals surface area contributed by atoms with Crippen LogP contribution in [-0.4, -0.2) is 29.5 Å². The molecule has 0 spiro atoms. The van der Waals surface area contributed by atoms with Gasteiger partial charge in [-0.25, -0.2) is 13.0 Å². The number of aryl methyl sites for hydroxylation is 1. The largest absolute Gasteiger partial charge is 0.494 e. The van der Waals surface area contributed by atoms with E-state index in [2.05, 4.69) is 14.9 Å². The van der Waals surface area contributed by atoms with Gasteiger partial charge in [0.2, 0.25) is 5.88 Å². The number of benzene rings is 3. The minimum Gasteiger partial charge on any atom is -0.494 e. The zero-order valence-corrected chi connectivity index (χ0v) is 20.9. The highest BCUT2D eigenvalue weighted by molar-refractivity contribution is 7.92. The molecule has 0 unspecified atom stereocenters. The van der Waals surface area contributed by atoms with Gasteiger partial charge >= 0.3 is 0 Å². The number of aromatic hydroxyl groups is 1. The molecule has 0 radical (unpaired) electrons. The van der Waals surface area contributed by atoms with Crippen molar-refractivity contribution in [2.45, 2.75) is 11.8 Å². The van der Waals surface area contributed by atoms with Crippen molar-refractivity contribution >= 4 is 50.1 Å². The molecule has 11 heteroatoms. The van der Waals surface area contributed by atoms with Crippen LogP contribution >= 0.6 is 11.6 Å². The Morgan fingerprint density at radius 2 is 1.76 bits per heavy atom. The van der Waals surface area contributed by atoms with Crippen molar-refractivity contribution in [2.75, 3.05) is 4.72 Å². The third-order valence-electron chi connectivity index (χ3n) is 5.53. The molecular weight excluding hydrogens is 516 g/mol. The first-order chi connectivity index (χ1) is 17.7. The summed E-state index contributed by atoms with van der Waals surface area (Å²) in [6.07, 6.45) is 1.43. The fourth-order valence-corrected chi connectivity index (χ4v) is 4.97. The van der Waals surface area contributed by atoms with E-state index in [-0.39, 0.29) is 16.6 Å². The van der Waals surface area contributed by atoms with E-state index < -0.39 is 15.6 Å². The van der Waals surface area contributed by atoms with Crippen LogP contribution in [0.5, 0.6) is 5.88 Å². The monoisotopic (exact) mass is 534 g/mol. The summed E-state index contributed by atoms with van der Waals surface area (Å²) in [4.78, 5) is 17.6. The molecule has 2 aromatic heterocycles. The molecule has 2 heterocycles. The average molecular weight is 535 g/mol. The lowest BCUT2D eigenvalue weighted by molar-refractivity contribution is 0.400. The van der Waals surface area contributed by atoms with E-state index in [0.29, 0.717) is 38.5 Å². The lowest BCUT2D eigenvalue weighted by atomic mass is 10.1. The molecule has 0 atom stereocenters. The molecule has 0 aliphatic rings. The lowest BCUT2D eigenvalue weighted by Crippen LogP contribution is -2.20. The Morgan fingerprint density at radius 1 is 1.03 bits per heavy atom. The van der Waals surface area contributed by atoms with Crippen LogP contribution in [0.4, 0.5) is 11.5 Å². The SMILES string of the molecule is Cc1cc(NS(=O)(=O)c2ccc(N=Cc3c(O)n(-c4cccc(Cl)c4)c(=O)c4ccccc34)cc2)no1. The van der Waals surface area contributed by atoms with Crippen LogP contribution in [0.1, 0.15) is 11.3 Å². The summed E-state index contributed by atoms with van der Waals surface area (Å²) >= 11 is 6.11. The van der Waals surface area contributed by atoms with Gasteiger partial charge < -0.3 is 9.63 Å². The van der Waals surface area contributed by atoms with E-state index >= 15 is 0 Å². The van der Waals surface area contributed by atoms with Crippen molar-refractivity contribution in [1.29, 1.82) is 0 Å².